The zero-order valence-electron chi connectivity index (χ0n) is 17.1. The minimum atomic E-state index is -0.507. The molecule has 0 bridgehead atoms. The third-order valence-corrected chi connectivity index (χ3v) is 5.41. The maximum absolute atomic E-state index is 12.8. The molecule has 1 amide bonds. The molecule has 156 valence electrons. The molecule has 0 atom stereocenters. The van der Waals surface area contributed by atoms with E-state index in [4.69, 9.17) is 27.9 Å². The van der Waals surface area contributed by atoms with Gasteiger partial charge in [-0.3, -0.25) is 4.79 Å². The summed E-state index contributed by atoms with van der Waals surface area (Å²) < 4.78 is 5.35. The molecule has 0 saturated heterocycles. The topological polar surface area (TPSA) is 62.1 Å². The van der Waals surface area contributed by atoms with E-state index in [2.05, 4.69) is 5.32 Å². The van der Waals surface area contributed by atoms with E-state index in [0.29, 0.717) is 27.9 Å². The van der Waals surface area contributed by atoms with Crippen molar-refractivity contribution < 1.29 is 9.53 Å². The lowest BCUT2D eigenvalue weighted by atomic mass is 9.97. The van der Waals surface area contributed by atoms with Gasteiger partial charge in [0.2, 0.25) is 0 Å². The monoisotopic (exact) mass is 450 g/mol. The van der Waals surface area contributed by atoms with Crippen LogP contribution in [0.4, 0.5) is 5.69 Å². The normalized spacial score (nSPS) is 11.0. The van der Waals surface area contributed by atoms with E-state index in [0.717, 1.165) is 22.3 Å². The fraction of sp³-hybridized carbons (Fsp3) is 0.120. The van der Waals surface area contributed by atoms with Gasteiger partial charge in [-0.05, 0) is 72.0 Å². The smallest absolute Gasteiger partial charge is 0.266 e. The molecule has 0 saturated carbocycles. The summed E-state index contributed by atoms with van der Waals surface area (Å²) in [7, 11) is 1.59. The average molecular weight is 451 g/mol. The van der Waals surface area contributed by atoms with Gasteiger partial charge in [-0.1, -0.05) is 53.5 Å². The lowest BCUT2D eigenvalue weighted by Crippen LogP contribution is -2.14. The molecule has 0 fully saturated rings. The van der Waals surface area contributed by atoms with E-state index >= 15 is 0 Å². The van der Waals surface area contributed by atoms with Crippen molar-refractivity contribution in [3.63, 3.8) is 0 Å². The summed E-state index contributed by atoms with van der Waals surface area (Å²) >= 11 is 12.4. The average Bonchev–Trinajstić information content (AvgIpc) is 2.76. The van der Waals surface area contributed by atoms with Crippen molar-refractivity contribution in [1.29, 1.82) is 5.26 Å². The Kier molecular flexibility index (Phi) is 7.36. The van der Waals surface area contributed by atoms with Gasteiger partial charge in [0.05, 0.1) is 7.11 Å². The zero-order valence-corrected chi connectivity index (χ0v) is 18.6. The van der Waals surface area contributed by atoms with Crippen LogP contribution in [0.1, 0.15) is 22.3 Å². The van der Waals surface area contributed by atoms with Crippen LogP contribution in [0.3, 0.4) is 0 Å². The SMILES string of the molecule is COc1ccc(/C=C(\C#N)C(=O)Nc2cc(Cl)ccc2C)c(Cc2ccccc2Cl)c1. The van der Waals surface area contributed by atoms with Gasteiger partial charge in [0, 0.05) is 15.7 Å². The predicted molar refractivity (Wildman–Crippen MR) is 126 cm³/mol. The Morgan fingerprint density at radius 3 is 2.58 bits per heavy atom. The van der Waals surface area contributed by atoms with Crippen molar-refractivity contribution in [2.75, 3.05) is 12.4 Å². The second-order valence-electron chi connectivity index (χ2n) is 6.92. The van der Waals surface area contributed by atoms with E-state index in [9.17, 15) is 10.1 Å². The Balaban J connectivity index is 1.96. The number of amides is 1. The number of aryl methyl sites for hydroxylation is 1. The molecule has 3 aromatic carbocycles. The molecule has 0 aromatic heterocycles. The van der Waals surface area contributed by atoms with E-state index in [1.807, 2.05) is 49.4 Å². The summed E-state index contributed by atoms with van der Waals surface area (Å²) in [4.78, 5) is 12.8. The maximum atomic E-state index is 12.8. The fourth-order valence-corrected chi connectivity index (χ4v) is 3.45. The summed E-state index contributed by atoms with van der Waals surface area (Å²) in [5.74, 6) is 0.170. The minimum absolute atomic E-state index is 0.0232. The van der Waals surface area contributed by atoms with Gasteiger partial charge in [-0.25, -0.2) is 0 Å². The number of carbonyl (C=O) groups is 1. The first-order valence-electron chi connectivity index (χ1n) is 9.51. The number of hydrogen-bond donors (Lipinski definition) is 1. The van der Waals surface area contributed by atoms with Crippen LogP contribution in [0.5, 0.6) is 5.75 Å². The molecule has 3 rings (SSSR count). The van der Waals surface area contributed by atoms with Crippen molar-refractivity contribution in [3.8, 4) is 11.8 Å². The third-order valence-electron chi connectivity index (χ3n) is 4.80. The van der Waals surface area contributed by atoms with Gasteiger partial charge in [0.15, 0.2) is 0 Å². The van der Waals surface area contributed by atoms with Gasteiger partial charge in [-0.15, -0.1) is 0 Å². The molecule has 0 aliphatic rings. The standard InChI is InChI=1S/C25H20Cl2N2O2/c1-16-7-9-21(26)14-24(16)29-25(30)20(15-28)11-17-8-10-22(31-2)13-19(17)12-18-5-3-4-6-23(18)27/h3-11,13-14H,12H2,1-2H3,(H,29,30)/b20-11+. The number of rotatable bonds is 6. The number of hydrogen-bond acceptors (Lipinski definition) is 3. The Morgan fingerprint density at radius 1 is 1.10 bits per heavy atom. The number of anilines is 1. The predicted octanol–water partition coefficient (Wildman–Crippen LogP) is 6.45. The Bertz CT molecular complexity index is 1200. The fourth-order valence-electron chi connectivity index (χ4n) is 3.07. The highest BCUT2D eigenvalue weighted by molar-refractivity contribution is 6.31. The van der Waals surface area contributed by atoms with Gasteiger partial charge in [0.1, 0.15) is 17.4 Å². The van der Waals surface area contributed by atoms with Gasteiger partial charge in [0.25, 0.3) is 5.91 Å². The number of nitriles is 1. The van der Waals surface area contributed by atoms with Gasteiger partial charge in [-0.2, -0.15) is 5.26 Å². The van der Waals surface area contributed by atoms with Crippen molar-refractivity contribution in [3.05, 3.63) is 98.5 Å². The van der Waals surface area contributed by atoms with Crippen molar-refractivity contribution in [1.82, 2.24) is 0 Å². The van der Waals surface area contributed by atoms with Gasteiger partial charge >= 0.3 is 0 Å². The molecular formula is C25H20Cl2N2O2. The summed E-state index contributed by atoms with van der Waals surface area (Å²) in [6.07, 6.45) is 2.09. The van der Waals surface area contributed by atoms with Crippen LogP contribution < -0.4 is 10.1 Å². The van der Waals surface area contributed by atoms with Crippen LogP contribution in [0, 0.1) is 18.3 Å². The van der Waals surface area contributed by atoms with Crippen LogP contribution in [-0.4, -0.2) is 13.0 Å². The highest BCUT2D eigenvalue weighted by atomic mass is 35.5. The van der Waals surface area contributed by atoms with E-state index in [-0.39, 0.29) is 5.57 Å². The van der Waals surface area contributed by atoms with Crippen molar-refractivity contribution in [2.24, 2.45) is 0 Å². The summed E-state index contributed by atoms with van der Waals surface area (Å²) in [6, 6.07) is 20.2. The quantitative estimate of drug-likeness (QED) is 0.346. The van der Waals surface area contributed by atoms with E-state index in [1.165, 1.54) is 0 Å². The molecule has 0 aliphatic heterocycles. The molecule has 3 aromatic rings. The highest BCUT2D eigenvalue weighted by Gasteiger charge is 2.14. The Morgan fingerprint density at radius 2 is 1.87 bits per heavy atom. The van der Waals surface area contributed by atoms with Crippen molar-refractivity contribution in [2.45, 2.75) is 13.3 Å². The second-order valence-corrected chi connectivity index (χ2v) is 7.76. The number of halogens is 2. The molecule has 4 nitrogen and oxygen atoms in total. The van der Waals surface area contributed by atoms with Crippen LogP contribution in [0.25, 0.3) is 6.08 Å². The number of nitrogens with one attached hydrogen (secondary N) is 1. The van der Waals surface area contributed by atoms with E-state index < -0.39 is 5.91 Å². The molecule has 0 aliphatic carbocycles. The number of methoxy groups -OCH3 is 1. The summed E-state index contributed by atoms with van der Waals surface area (Å²) in [5.41, 5.74) is 3.93. The number of benzene rings is 3. The van der Waals surface area contributed by atoms with Crippen LogP contribution in [-0.2, 0) is 11.2 Å². The molecule has 0 unspecified atom stereocenters. The zero-order chi connectivity index (χ0) is 22.4. The lowest BCUT2D eigenvalue weighted by molar-refractivity contribution is -0.112. The van der Waals surface area contributed by atoms with Gasteiger partial charge < -0.3 is 10.1 Å². The molecule has 31 heavy (non-hydrogen) atoms. The lowest BCUT2D eigenvalue weighted by Gasteiger charge is -2.12. The summed E-state index contributed by atoms with van der Waals surface area (Å²) in [5, 5.41) is 13.5. The molecule has 0 heterocycles. The number of ether oxygens (including phenoxy) is 1. The largest absolute Gasteiger partial charge is 0.497 e. The maximum Gasteiger partial charge on any atom is 0.266 e. The van der Waals surface area contributed by atoms with Crippen LogP contribution in [0.2, 0.25) is 10.0 Å². The number of nitrogens with zero attached hydrogens (tertiary/aromatic N) is 1. The summed E-state index contributed by atoms with van der Waals surface area (Å²) in [6.45, 7) is 1.85. The Hall–Kier alpha value is -3.26. The first kappa shape index (κ1) is 22.4. The first-order valence-corrected chi connectivity index (χ1v) is 10.3. The molecule has 0 radical (unpaired) electrons. The third kappa shape index (κ3) is 5.67. The second kappa shape index (κ2) is 10.2. The first-order chi connectivity index (χ1) is 14.9. The Labute approximate surface area is 191 Å². The molecule has 6 heteroatoms. The van der Waals surface area contributed by atoms with Crippen molar-refractivity contribution >= 4 is 40.9 Å². The number of carbonyl (C=O) groups excluding carboxylic acids is 1. The van der Waals surface area contributed by atoms with Crippen LogP contribution in [0.15, 0.2) is 66.2 Å². The molecular weight excluding hydrogens is 431 g/mol. The molecule has 0 spiro atoms. The van der Waals surface area contributed by atoms with E-state index in [1.54, 1.807) is 37.5 Å². The highest BCUT2D eigenvalue weighted by Crippen LogP contribution is 2.26. The molecule has 1 N–H and O–H groups in total. The van der Waals surface area contributed by atoms with Crippen LogP contribution >= 0.6 is 23.2 Å². The minimum Gasteiger partial charge on any atom is -0.497 e.